The van der Waals surface area contributed by atoms with E-state index in [1.54, 1.807) is 24.3 Å². The van der Waals surface area contributed by atoms with Gasteiger partial charge in [-0.05, 0) is 31.3 Å². The van der Waals surface area contributed by atoms with Crippen molar-refractivity contribution in [2.45, 2.75) is 13.3 Å². The molecule has 0 saturated carbocycles. The summed E-state index contributed by atoms with van der Waals surface area (Å²) in [6, 6.07) is 6.57. The SMILES string of the molecule is CCOCCC(=O)NNC(=S)NC(=O)c1ccccc1Cl. The van der Waals surface area contributed by atoms with Gasteiger partial charge in [-0.1, -0.05) is 23.7 Å². The maximum Gasteiger partial charge on any atom is 0.258 e. The van der Waals surface area contributed by atoms with Crippen LogP contribution in [0.5, 0.6) is 0 Å². The molecule has 3 N–H and O–H groups in total. The lowest BCUT2D eigenvalue weighted by atomic mass is 10.2. The van der Waals surface area contributed by atoms with E-state index in [0.29, 0.717) is 23.8 Å². The molecule has 0 heterocycles. The Morgan fingerprint density at radius 1 is 1.29 bits per heavy atom. The van der Waals surface area contributed by atoms with Gasteiger partial charge >= 0.3 is 0 Å². The van der Waals surface area contributed by atoms with Gasteiger partial charge in [0.2, 0.25) is 5.91 Å². The summed E-state index contributed by atoms with van der Waals surface area (Å²) in [5.41, 5.74) is 5.08. The second kappa shape index (κ2) is 9.28. The third kappa shape index (κ3) is 6.52. The molecule has 8 heteroatoms. The topological polar surface area (TPSA) is 79.5 Å². The van der Waals surface area contributed by atoms with Gasteiger partial charge in [-0.15, -0.1) is 0 Å². The minimum atomic E-state index is -0.457. The molecule has 0 aliphatic rings. The van der Waals surface area contributed by atoms with E-state index in [9.17, 15) is 9.59 Å². The molecular formula is C13H16ClN3O3S. The highest BCUT2D eigenvalue weighted by molar-refractivity contribution is 7.80. The standard InChI is InChI=1S/C13H16ClN3O3S/c1-2-20-8-7-11(18)16-17-13(21)15-12(19)9-5-3-4-6-10(9)14/h3-6H,2,7-8H2,1H3,(H,16,18)(H2,15,17,19,21). The Labute approximate surface area is 133 Å². The Bertz CT molecular complexity index is 525. The van der Waals surface area contributed by atoms with Gasteiger partial charge in [-0.25, -0.2) is 0 Å². The van der Waals surface area contributed by atoms with Crippen molar-refractivity contribution in [3.8, 4) is 0 Å². The average molecular weight is 330 g/mol. The molecule has 0 atom stereocenters. The van der Waals surface area contributed by atoms with Crippen molar-refractivity contribution in [2.24, 2.45) is 0 Å². The summed E-state index contributed by atoms with van der Waals surface area (Å²) >= 11 is 10.8. The molecular weight excluding hydrogens is 314 g/mol. The fourth-order valence-electron chi connectivity index (χ4n) is 1.35. The van der Waals surface area contributed by atoms with Crippen molar-refractivity contribution in [2.75, 3.05) is 13.2 Å². The number of amides is 2. The van der Waals surface area contributed by atoms with Gasteiger partial charge < -0.3 is 4.74 Å². The Balaban J connectivity index is 2.35. The van der Waals surface area contributed by atoms with Crippen LogP contribution in [0.4, 0.5) is 0 Å². The molecule has 1 aromatic carbocycles. The summed E-state index contributed by atoms with van der Waals surface area (Å²) in [6.07, 6.45) is 0.196. The van der Waals surface area contributed by atoms with Gasteiger partial charge in [0.1, 0.15) is 0 Å². The maximum atomic E-state index is 11.9. The number of hydrogen-bond donors (Lipinski definition) is 3. The van der Waals surface area contributed by atoms with E-state index in [2.05, 4.69) is 16.2 Å². The molecule has 0 aromatic heterocycles. The van der Waals surface area contributed by atoms with Crippen LogP contribution in [-0.4, -0.2) is 30.1 Å². The molecule has 0 bridgehead atoms. The molecule has 2 amide bonds. The minimum absolute atomic E-state index is 0.0234. The molecule has 1 rings (SSSR count). The van der Waals surface area contributed by atoms with Crippen molar-refractivity contribution < 1.29 is 14.3 Å². The van der Waals surface area contributed by atoms with Crippen molar-refractivity contribution in [1.29, 1.82) is 0 Å². The van der Waals surface area contributed by atoms with Crippen LogP contribution in [0.2, 0.25) is 5.02 Å². The highest BCUT2D eigenvalue weighted by Crippen LogP contribution is 2.14. The van der Waals surface area contributed by atoms with E-state index < -0.39 is 5.91 Å². The summed E-state index contributed by atoms with van der Waals surface area (Å²) in [7, 11) is 0. The lowest BCUT2D eigenvalue weighted by Gasteiger charge is -2.11. The molecule has 6 nitrogen and oxygen atoms in total. The van der Waals surface area contributed by atoms with E-state index in [1.807, 2.05) is 6.92 Å². The van der Waals surface area contributed by atoms with Gasteiger partial charge in [0.05, 0.1) is 23.6 Å². The predicted octanol–water partition coefficient (Wildman–Crippen LogP) is 1.40. The van der Waals surface area contributed by atoms with E-state index in [1.165, 1.54) is 0 Å². The normalized spacial score (nSPS) is 9.81. The zero-order chi connectivity index (χ0) is 15.7. The number of rotatable bonds is 5. The smallest absolute Gasteiger partial charge is 0.258 e. The summed E-state index contributed by atoms with van der Waals surface area (Å²) < 4.78 is 5.04. The summed E-state index contributed by atoms with van der Waals surface area (Å²) in [5, 5.41) is 2.71. The number of ether oxygens (including phenoxy) is 1. The second-order valence-electron chi connectivity index (χ2n) is 3.88. The van der Waals surface area contributed by atoms with Crippen LogP contribution in [-0.2, 0) is 9.53 Å². The van der Waals surface area contributed by atoms with Crippen LogP contribution < -0.4 is 16.2 Å². The minimum Gasteiger partial charge on any atom is -0.381 e. The monoisotopic (exact) mass is 329 g/mol. The fourth-order valence-corrected chi connectivity index (χ4v) is 1.71. The molecule has 0 aliphatic carbocycles. The van der Waals surface area contributed by atoms with Gasteiger partial charge in [0, 0.05) is 6.61 Å². The van der Waals surface area contributed by atoms with Crippen LogP contribution in [0.3, 0.4) is 0 Å². The number of carbonyl (C=O) groups excluding carboxylic acids is 2. The third-order valence-corrected chi connectivity index (χ3v) is 2.87. The largest absolute Gasteiger partial charge is 0.381 e. The lowest BCUT2D eigenvalue weighted by molar-refractivity contribution is -0.122. The molecule has 114 valence electrons. The molecule has 0 unspecified atom stereocenters. The molecule has 1 aromatic rings. The Hall–Kier alpha value is -1.70. The zero-order valence-electron chi connectivity index (χ0n) is 11.4. The number of carbonyl (C=O) groups is 2. The highest BCUT2D eigenvalue weighted by Gasteiger charge is 2.11. The Morgan fingerprint density at radius 2 is 2.00 bits per heavy atom. The first-order valence-corrected chi connectivity index (χ1v) is 7.05. The van der Waals surface area contributed by atoms with Gasteiger partial charge in [0.15, 0.2) is 5.11 Å². The van der Waals surface area contributed by atoms with E-state index in [0.717, 1.165) is 0 Å². The first-order valence-electron chi connectivity index (χ1n) is 6.27. The summed E-state index contributed by atoms with van der Waals surface area (Å²) in [6.45, 7) is 2.71. The molecule has 0 fully saturated rings. The van der Waals surface area contributed by atoms with E-state index in [4.69, 9.17) is 28.6 Å². The third-order valence-electron chi connectivity index (χ3n) is 2.34. The van der Waals surface area contributed by atoms with Gasteiger partial charge in [-0.2, -0.15) is 0 Å². The molecule has 0 saturated heterocycles. The number of nitrogens with one attached hydrogen (secondary N) is 3. The van der Waals surface area contributed by atoms with E-state index in [-0.39, 0.29) is 17.4 Å². The summed E-state index contributed by atoms with van der Waals surface area (Å²) in [4.78, 5) is 23.3. The van der Waals surface area contributed by atoms with Gasteiger partial charge in [0.25, 0.3) is 5.91 Å². The number of thiocarbonyl (C=S) groups is 1. The van der Waals surface area contributed by atoms with Crippen molar-refractivity contribution >= 4 is 40.7 Å². The fraction of sp³-hybridized carbons (Fsp3) is 0.308. The Morgan fingerprint density at radius 3 is 2.67 bits per heavy atom. The molecule has 21 heavy (non-hydrogen) atoms. The van der Waals surface area contributed by atoms with Crippen LogP contribution >= 0.6 is 23.8 Å². The van der Waals surface area contributed by atoms with Crippen LogP contribution in [0.15, 0.2) is 24.3 Å². The van der Waals surface area contributed by atoms with Crippen LogP contribution in [0.25, 0.3) is 0 Å². The van der Waals surface area contributed by atoms with Crippen LogP contribution in [0.1, 0.15) is 23.7 Å². The quantitative estimate of drug-likeness (QED) is 0.432. The number of hydrogen-bond acceptors (Lipinski definition) is 4. The van der Waals surface area contributed by atoms with Crippen LogP contribution in [0, 0.1) is 0 Å². The summed E-state index contributed by atoms with van der Waals surface area (Å²) in [5.74, 6) is -0.751. The van der Waals surface area contributed by atoms with E-state index >= 15 is 0 Å². The Kier molecular flexibility index (Phi) is 7.66. The average Bonchev–Trinajstić information content (AvgIpc) is 2.46. The second-order valence-corrected chi connectivity index (χ2v) is 4.70. The molecule has 0 radical (unpaired) electrons. The van der Waals surface area contributed by atoms with Crippen molar-refractivity contribution in [3.63, 3.8) is 0 Å². The first-order chi connectivity index (χ1) is 10.0. The zero-order valence-corrected chi connectivity index (χ0v) is 13.0. The molecule has 0 spiro atoms. The number of benzene rings is 1. The highest BCUT2D eigenvalue weighted by atomic mass is 35.5. The number of hydrazine groups is 1. The first kappa shape index (κ1) is 17.4. The van der Waals surface area contributed by atoms with Crippen molar-refractivity contribution in [1.82, 2.24) is 16.2 Å². The number of halogens is 1. The maximum absolute atomic E-state index is 11.9. The predicted molar refractivity (Wildman–Crippen MR) is 83.9 cm³/mol. The van der Waals surface area contributed by atoms with Crippen molar-refractivity contribution in [3.05, 3.63) is 34.9 Å². The molecule has 0 aliphatic heterocycles. The van der Waals surface area contributed by atoms with Gasteiger partial charge in [-0.3, -0.25) is 25.8 Å². The lowest BCUT2D eigenvalue weighted by Crippen LogP contribution is -2.48.